The van der Waals surface area contributed by atoms with E-state index in [4.69, 9.17) is 0 Å². The first-order valence-electron chi connectivity index (χ1n) is 8.84. The van der Waals surface area contributed by atoms with Crippen molar-refractivity contribution in [1.29, 1.82) is 0 Å². The van der Waals surface area contributed by atoms with Gasteiger partial charge in [-0.1, -0.05) is 24.3 Å². The van der Waals surface area contributed by atoms with Gasteiger partial charge < -0.3 is 10.6 Å². The number of aromatic nitrogens is 3. The molecule has 148 valence electrons. The summed E-state index contributed by atoms with van der Waals surface area (Å²) in [4.78, 5) is 14.4. The zero-order valence-corrected chi connectivity index (χ0v) is 17.5. The van der Waals surface area contributed by atoms with Gasteiger partial charge in [-0.2, -0.15) is 0 Å². The standard InChI is InChI=1S/C18H22N6O2S2/c1-4-19-18-22-12(3)16(27-18)15-9-10-20-17(24-15)23-13-7-6-8-14(11-13)28(25,26)21-5-2/h6-11,21H,4-5H2,1-3H3,(H,19,22)(H,20,23,24). The van der Waals surface area contributed by atoms with Crippen LogP contribution in [0.2, 0.25) is 0 Å². The fourth-order valence-corrected chi connectivity index (χ4v) is 4.64. The van der Waals surface area contributed by atoms with Crippen LogP contribution in [0.25, 0.3) is 10.6 Å². The van der Waals surface area contributed by atoms with Gasteiger partial charge in [0.2, 0.25) is 16.0 Å². The van der Waals surface area contributed by atoms with E-state index in [-0.39, 0.29) is 4.90 Å². The Morgan fingerprint density at radius 1 is 1.11 bits per heavy atom. The zero-order valence-electron chi connectivity index (χ0n) is 15.9. The van der Waals surface area contributed by atoms with Crippen LogP contribution in [0.5, 0.6) is 0 Å². The van der Waals surface area contributed by atoms with E-state index in [0.717, 1.165) is 27.9 Å². The van der Waals surface area contributed by atoms with Crippen molar-refractivity contribution in [3.63, 3.8) is 0 Å². The molecule has 2 heterocycles. The molecule has 0 spiro atoms. The van der Waals surface area contributed by atoms with Crippen molar-refractivity contribution in [3.05, 3.63) is 42.2 Å². The highest BCUT2D eigenvalue weighted by Crippen LogP contribution is 2.32. The highest BCUT2D eigenvalue weighted by atomic mass is 32.2. The highest BCUT2D eigenvalue weighted by Gasteiger charge is 2.14. The third-order valence-corrected chi connectivity index (χ3v) is 6.43. The summed E-state index contributed by atoms with van der Waals surface area (Å²) in [7, 11) is -3.53. The van der Waals surface area contributed by atoms with Crippen LogP contribution < -0.4 is 15.4 Å². The van der Waals surface area contributed by atoms with E-state index in [0.29, 0.717) is 18.2 Å². The molecule has 0 fully saturated rings. The minimum atomic E-state index is -3.53. The van der Waals surface area contributed by atoms with E-state index in [1.165, 1.54) is 11.3 Å². The Balaban J connectivity index is 1.86. The summed E-state index contributed by atoms with van der Waals surface area (Å²) >= 11 is 1.54. The molecule has 0 saturated heterocycles. The lowest BCUT2D eigenvalue weighted by molar-refractivity contribution is 0.584. The average molecular weight is 419 g/mol. The molecular formula is C18H22N6O2S2. The van der Waals surface area contributed by atoms with Gasteiger partial charge in [0.25, 0.3) is 0 Å². The van der Waals surface area contributed by atoms with E-state index in [2.05, 4.69) is 30.3 Å². The number of nitrogens with zero attached hydrogens (tertiary/aromatic N) is 3. The first-order chi connectivity index (χ1) is 13.4. The van der Waals surface area contributed by atoms with Gasteiger partial charge in [0.15, 0.2) is 5.13 Å². The number of benzene rings is 1. The second kappa shape index (κ2) is 8.63. The van der Waals surface area contributed by atoms with Crippen LogP contribution in [0, 0.1) is 6.92 Å². The molecule has 10 heteroatoms. The van der Waals surface area contributed by atoms with Crippen molar-refractivity contribution in [2.24, 2.45) is 0 Å². The molecule has 3 rings (SSSR count). The van der Waals surface area contributed by atoms with E-state index in [1.807, 2.05) is 19.9 Å². The van der Waals surface area contributed by atoms with Gasteiger partial charge in [-0.3, -0.25) is 0 Å². The zero-order chi connectivity index (χ0) is 20.1. The molecule has 0 atom stereocenters. The summed E-state index contributed by atoms with van der Waals surface area (Å²) in [6.07, 6.45) is 1.66. The summed E-state index contributed by atoms with van der Waals surface area (Å²) in [6, 6.07) is 8.36. The number of hydrogen-bond donors (Lipinski definition) is 3. The van der Waals surface area contributed by atoms with Crippen LogP contribution in [0.4, 0.5) is 16.8 Å². The monoisotopic (exact) mass is 418 g/mol. The molecule has 0 aliphatic rings. The lowest BCUT2D eigenvalue weighted by Crippen LogP contribution is -2.23. The lowest BCUT2D eigenvalue weighted by Gasteiger charge is -2.09. The molecule has 0 bridgehead atoms. The van der Waals surface area contributed by atoms with Gasteiger partial charge >= 0.3 is 0 Å². The van der Waals surface area contributed by atoms with Gasteiger partial charge in [0, 0.05) is 25.0 Å². The Hall–Kier alpha value is -2.56. The Morgan fingerprint density at radius 3 is 2.68 bits per heavy atom. The molecule has 0 aliphatic carbocycles. The number of hydrogen-bond acceptors (Lipinski definition) is 8. The predicted octanol–water partition coefficient (Wildman–Crippen LogP) is 3.38. The summed E-state index contributed by atoms with van der Waals surface area (Å²) in [5.74, 6) is 0.383. The van der Waals surface area contributed by atoms with Crippen molar-refractivity contribution >= 4 is 38.1 Å². The van der Waals surface area contributed by atoms with E-state index in [1.54, 1.807) is 37.4 Å². The number of rotatable bonds is 8. The van der Waals surface area contributed by atoms with Crippen LogP contribution >= 0.6 is 11.3 Å². The van der Waals surface area contributed by atoms with Crippen molar-refractivity contribution in [3.8, 4) is 10.6 Å². The predicted molar refractivity (Wildman–Crippen MR) is 113 cm³/mol. The molecule has 0 saturated carbocycles. The molecule has 0 unspecified atom stereocenters. The number of aryl methyl sites for hydroxylation is 1. The maximum Gasteiger partial charge on any atom is 0.240 e. The normalized spacial score (nSPS) is 11.4. The molecule has 1 aromatic carbocycles. The maximum atomic E-state index is 12.2. The molecule has 3 aromatic rings. The van der Waals surface area contributed by atoms with E-state index >= 15 is 0 Å². The van der Waals surface area contributed by atoms with E-state index < -0.39 is 10.0 Å². The fraction of sp³-hybridized carbons (Fsp3) is 0.278. The molecular weight excluding hydrogens is 396 g/mol. The second-order valence-corrected chi connectivity index (χ2v) is 8.65. The van der Waals surface area contributed by atoms with Crippen molar-refractivity contribution in [2.75, 3.05) is 23.7 Å². The van der Waals surface area contributed by atoms with Gasteiger partial charge in [-0.15, -0.1) is 0 Å². The summed E-state index contributed by atoms with van der Waals surface area (Å²) in [5.41, 5.74) is 2.24. The minimum Gasteiger partial charge on any atom is -0.362 e. The van der Waals surface area contributed by atoms with Crippen LogP contribution in [0.1, 0.15) is 19.5 Å². The summed E-state index contributed by atoms with van der Waals surface area (Å²) < 4.78 is 26.9. The summed E-state index contributed by atoms with van der Waals surface area (Å²) in [6.45, 7) is 6.83. The number of sulfonamides is 1. The molecule has 0 radical (unpaired) electrons. The third-order valence-electron chi connectivity index (χ3n) is 3.75. The summed E-state index contributed by atoms with van der Waals surface area (Å²) in [5, 5.41) is 7.13. The topological polar surface area (TPSA) is 109 Å². The first kappa shape index (κ1) is 20.2. The van der Waals surface area contributed by atoms with Crippen LogP contribution in [-0.4, -0.2) is 36.5 Å². The second-order valence-electron chi connectivity index (χ2n) is 5.88. The molecule has 28 heavy (non-hydrogen) atoms. The largest absolute Gasteiger partial charge is 0.362 e. The van der Waals surface area contributed by atoms with Gasteiger partial charge in [-0.25, -0.2) is 28.1 Å². The molecule has 0 amide bonds. The van der Waals surface area contributed by atoms with Crippen molar-refractivity contribution in [2.45, 2.75) is 25.7 Å². The van der Waals surface area contributed by atoms with Gasteiger partial charge in [0.05, 0.1) is 21.2 Å². The Bertz CT molecular complexity index is 1070. The molecule has 2 aromatic heterocycles. The number of anilines is 3. The first-order valence-corrected chi connectivity index (χ1v) is 11.1. The Morgan fingerprint density at radius 2 is 1.93 bits per heavy atom. The van der Waals surface area contributed by atoms with Crippen molar-refractivity contribution in [1.82, 2.24) is 19.7 Å². The van der Waals surface area contributed by atoms with Crippen LogP contribution in [0.15, 0.2) is 41.4 Å². The van der Waals surface area contributed by atoms with Gasteiger partial charge in [0.1, 0.15) is 0 Å². The van der Waals surface area contributed by atoms with Crippen LogP contribution in [0.3, 0.4) is 0 Å². The molecule has 8 nitrogen and oxygen atoms in total. The van der Waals surface area contributed by atoms with E-state index in [9.17, 15) is 8.42 Å². The highest BCUT2D eigenvalue weighted by molar-refractivity contribution is 7.89. The average Bonchev–Trinajstić information content (AvgIpc) is 3.03. The minimum absolute atomic E-state index is 0.184. The number of thiazole rings is 1. The maximum absolute atomic E-state index is 12.2. The quantitative estimate of drug-likeness (QED) is 0.514. The number of nitrogens with one attached hydrogen (secondary N) is 3. The van der Waals surface area contributed by atoms with Crippen LogP contribution in [-0.2, 0) is 10.0 Å². The molecule has 3 N–H and O–H groups in total. The third kappa shape index (κ3) is 4.64. The molecule has 0 aliphatic heterocycles. The smallest absolute Gasteiger partial charge is 0.240 e. The Labute approximate surface area is 168 Å². The SMILES string of the molecule is CCNc1nc(C)c(-c2ccnc(Nc3cccc(S(=O)(=O)NCC)c3)n2)s1. The Kier molecular flexibility index (Phi) is 6.22. The fourth-order valence-electron chi connectivity index (χ4n) is 2.55. The van der Waals surface area contributed by atoms with Gasteiger partial charge in [-0.05, 0) is 38.1 Å². The van der Waals surface area contributed by atoms with Crippen molar-refractivity contribution < 1.29 is 8.42 Å². The lowest BCUT2D eigenvalue weighted by atomic mass is 10.3.